The first-order valence-corrected chi connectivity index (χ1v) is 17.4. The van der Waals surface area contributed by atoms with Crippen molar-refractivity contribution >= 4 is 5.97 Å². The van der Waals surface area contributed by atoms with Crippen molar-refractivity contribution in [2.75, 3.05) is 6.61 Å². The summed E-state index contributed by atoms with van der Waals surface area (Å²) in [5, 5.41) is 63.3. The van der Waals surface area contributed by atoms with Gasteiger partial charge in [-0.15, -0.1) is 0 Å². The summed E-state index contributed by atoms with van der Waals surface area (Å²) < 4.78 is 11.8. The maximum absolute atomic E-state index is 11.7. The molecule has 6 rings (SSSR count). The van der Waals surface area contributed by atoms with E-state index in [0.29, 0.717) is 18.3 Å². The first kappa shape index (κ1) is 33.8. The lowest BCUT2D eigenvalue weighted by Crippen LogP contribution is -2.67. The zero-order chi connectivity index (χ0) is 33.1. The van der Waals surface area contributed by atoms with E-state index in [1.54, 1.807) is 5.57 Å². The Kier molecular flexibility index (Phi) is 8.05. The second kappa shape index (κ2) is 10.7. The van der Waals surface area contributed by atoms with E-state index in [-0.39, 0.29) is 45.7 Å². The first-order valence-electron chi connectivity index (χ1n) is 17.4. The predicted molar refractivity (Wildman–Crippen MR) is 167 cm³/mol. The summed E-state index contributed by atoms with van der Waals surface area (Å²) in [6, 6.07) is 0. The van der Waals surface area contributed by atoms with Crippen LogP contribution in [0.2, 0.25) is 0 Å². The molecule has 0 spiro atoms. The van der Waals surface area contributed by atoms with Gasteiger partial charge in [-0.25, -0.2) is 4.79 Å². The zero-order valence-electron chi connectivity index (χ0n) is 28.3. The Morgan fingerprint density at radius 1 is 0.867 bits per heavy atom. The largest absolute Gasteiger partial charge is 0.479 e. The van der Waals surface area contributed by atoms with Crippen molar-refractivity contribution in [3.63, 3.8) is 0 Å². The Balaban J connectivity index is 1.30. The second-order valence-corrected chi connectivity index (χ2v) is 18.0. The van der Waals surface area contributed by atoms with Gasteiger partial charge in [-0.2, -0.15) is 0 Å². The molecule has 9 heteroatoms. The van der Waals surface area contributed by atoms with Crippen LogP contribution < -0.4 is 0 Å². The number of aliphatic hydroxyl groups excluding tert-OH is 5. The lowest BCUT2D eigenvalue weighted by atomic mass is 9.33. The maximum atomic E-state index is 11.7. The number of fused-ring (bicyclic) bond motifs is 7. The molecule has 0 aromatic rings. The number of carboxylic acid groups (broad SMARTS) is 1. The Morgan fingerprint density at radius 3 is 2.20 bits per heavy atom. The van der Waals surface area contributed by atoms with E-state index >= 15 is 0 Å². The molecule has 0 aromatic carbocycles. The van der Waals surface area contributed by atoms with Crippen molar-refractivity contribution < 1.29 is 44.9 Å². The molecule has 0 radical (unpaired) electrons. The fraction of sp³-hybridized carbons (Fsp3) is 0.917. The molecule has 4 saturated carbocycles. The van der Waals surface area contributed by atoms with Crippen molar-refractivity contribution in [3.8, 4) is 0 Å². The van der Waals surface area contributed by atoms with Crippen LogP contribution in [0, 0.1) is 50.2 Å². The fourth-order valence-electron chi connectivity index (χ4n) is 12.2. The van der Waals surface area contributed by atoms with Crippen LogP contribution in [-0.2, 0) is 14.3 Å². The molecule has 6 N–H and O–H groups in total. The topological polar surface area (TPSA) is 157 Å². The van der Waals surface area contributed by atoms with Crippen LogP contribution in [0.1, 0.15) is 106 Å². The zero-order valence-corrected chi connectivity index (χ0v) is 28.3. The minimum absolute atomic E-state index is 0.0209. The minimum atomic E-state index is -1.78. The maximum Gasteiger partial charge on any atom is 0.335 e. The molecular weight excluding hydrogens is 576 g/mol. The molecule has 15 atom stereocenters. The van der Waals surface area contributed by atoms with Crippen molar-refractivity contribution in [2.24, 2.45) is 50.2 Å². The van der Waals surface area contributed by atoms with Crippen LogP contribution in [0.4, 0.5) is 0 Å². The summed E-state index contributed by atoms with van der Waals surface area (Å²) in [7, 11) is 0. The molecular formula is C36H58O9. The fourth-order valence-corrected chi connectivity index (χ4v) is 12.2. The summed E-state index contributed by atoms with van der Waals surface area (Å²) >= 11 is 0. The Hall–Kier alpha value is -1.07. The van der Waals surface area contributed by atoms with Gasteiger partial charge >= 0.3 is 5.97 Å². The molecule has 0 amide bonds. The molecule has 6 aliphatic rings. The number of ether oxygens (including phenoxy) is 2. The molecule has 1 aliphatic heterocycles. The summed E-state index contributed by atoms with van der Waals surface area (Å²) in [6.07, 6.45) is 1.81. The average molecular weight is 635 g/mol. The molecule has 9 nitrogen and oxygen atoms in total. The van der Waals surface area contributed by atoms with Crippen molar-refractivity contribution in [2.45, 2.75) is 149 Å². The highest BCUT2D eigenvalue weighted by Crippen LogP contribution is 2.75. The van der Waals surface area contributed by atoms with Gasteiger partial charge < -0.3 is 40.1 Å². The highest BCUT2D eigenvalue weighted by molar-refractivity contribution is 5.73. The quantitative estimate of drug-likeness (QED) is 0.199. The molecule has 0 aromatic heterocycles. The van der Waals surface area contributed by atoms with E-state index in [1.165, 1.54) is 0 Å². The third kappa shape index (κ3) is 4.61. The van der Waals surface area contributed by atoms with Crippen LogP contribution in [0.25, 0.3) is 0 Å². The van der Waals surface area contributed by atoms with E-state index in [2.05, 4.69) is 47.6 Å². The smallest absolute Gasteiger partial charge is 0.335 e. The monoisotopic (exact) mass is 634 g/mol. The number of rotatable bonds is 4. The number of hydrogen-bond donors (Lipinski definition) is 6. The van der Waals surface area contributed by atoms with Crippen LogP contribution >= 0.6 is 0 Å². The van der Waals surface area contributed by atoms with E-state index < -0.39 is 48.2 Å². The van der Waals surface area contributed by atoms with E-state index in [1.807, 2.05) is 6.92 Å². The van der Waals surface area contributed by atoms with Crippen LogP contribution in [-0.4, -0.2) is 86.1 Å². The van der Waals surface area contributed by atoms with Crippen molar-refractivity contribution in [1.29, 1.82) is 0 Å². The number of aliphatic hydroxyl groups is 5. The summed E-state index contributed by atoms with van der Waals surface area (Å²) in [4.78, 5) is 11.7. The number of hydrogen-bond acceptors (Lipinski definition) is 8. The summed E-state index contributed by atoms with van der Waals surface area (Å²) in [5.74, 6) is -0.570. The van der Waals surface area contributed by atoms with Gasteiger partial charge in [0.1, 0.15) is 18.3 Å². The summed E-state index contributed by atoms with van der Waals surface area (Å²) in [5.41, 5.74) is 0.871. The van der Waals surface area contributed by atoms with Gasteiger partial charge in [0.15, 0.2) is 12.4 Å². The molecule has 1 heterocycles. The molecule has 5 fully saturated rings. The van der Waals surface area contributed by atoms with Gasteiger partial charge in [0.25, 0.3) is 0 Å². The molecule has 0 bridgehead atoms. The van der Waals surface area contributed by atoms with Crippen LogP contribution in [0.15, 0.2) is 11.6 Å². The number of allylic oxidation sites excluding steroid dienone is 2. The lowest BCUT2D eigenvalue weighted by Gasteiger charge is -2.72. The third-order valence-electron chi connectivity index (χ3n) is 15.3. The second-order valence-electron chi connectivity index (χ2n) is 18.0. The molecule has 256 valence electrons. The Bertz CT molecular complexity index is 1220. The highest BCUT2D eigenvalue weighted by Gasteiger charge is 2.69. The first-order chi connectivity index (χ1) is 20.8. The van der Waals surface area contributed by atoms with E-state index in [4.69, 9.17) is 9.47 Å². The Morgan fingerprint density at radius 2 is 1.56 bits per heavy atom. The van der Waals surface area contributed by atoms with Crippen LogP contribution in [0.5, 0.6) is 0 Å². The Labute approximate surface area is 268 Å². The van der Waals surface area contributed by atoms with E-state index in [0.717, 1.165) is 51.4 Å². The SMILES string of the molecule is CC1(C)C[C@@H](O)[C@]2(C)CC[C@]3(C)C(=CC[C@@H]4[C@@]5(C)CC[C@H](O[C@@H]6O[C@H](C(=O)O)[C@@H](O)[C@H](O)[C@H]6O)[C@@](C)(CO)[C@@H]5CC[C@]43C)[C@@H]2C1. The minimum Gasteiger partial charge on any atom is -0.479 e. The van der Waals surface area contributed by atoms with Crippen molar-refractivity contribution in [3.05, 3.63) is 11.6 Å². The molecule has 1 saturated heterocycles. The van der Waals surface area contributed by atoms with E-state index in [9.17, 15) is 35.4 Å². The van der Waals surface area contributed by atoms with Crippen LogP contribution in [0.3, 0.4) is 0 Å². The summed E-state index contributed by atoms with van der Waals surface area (Å²) in [6.45, 7) is 16.3. The third-order valence-corrected chi connectivity index (χ3v) is 15.3. The average Bonchev–Trinajstić information content (AvgIpc) is 2.96. The normalized spacial score (nSPS) is 55.8. The van der Waals surface area contributed by atoms with Gasteiger partial charge in [0, 0.05) is 10.8 Å². The lowest BCUT2D eigenvalue weighted by molar-refractivity contribution is -0.327. The molecule has 0 unspecified atom stereocenters. The van der Waals surface area contributed by atoms with Gasteiger partial charge in [-0.05, 0) is 97.2 Å². The predicted octanol–water partition coefficient (Wildman–Crippen LogP) is 4.03. The number of carboxylic acids is 1. The number of carbonyl (C=O) groups is 1. The molecule has 5 aliphatic carbocycles. The van der Waals surface area contributed by atoms with Gasteiger partial charge in [-0.3, -0.25) is 0 Å². The highest BCUT2D eigenvalue weighted by atomic mass is 16.7. The van der Waals surface area contributed by atoms with Gasteiger partial charge in [-0.1, -0.05) is 60.1 Å². The molecule has 45 heavy (non-hydrogen) atoms. The van der Waals surface area contributed by atoms with Gasteiger partial charge in [0.05, 0.1) is 18.8 Å². The number of aliphatic carboxylic acids is 1. The van der Waals surface area contributed by atoms with Gasteiger partial charge in [0.2, 0.25) is 0 Å². The van der Waals surface area contributed by atoms with Crippen molar-refractivity contribution in [1.82, 2.24) is 0 Å². The standard InChI is InChI=1S/C36H58O9/c1-31(2)16-20-19-8-9-22-33(4)12-11-24(44-30-27(41)25(39)26(40)28(45-30)29(42)43)34(5,18-37)21(33)10-13-36(22,7)35(19,6)15-14-32(20,3)23(38)17-31/h8,20-28,30,37-41H,9-18H2,1-7H3,(H,42,43)/t20-,21+,22+,23+,24-,25-,26-,27+,28-,30+,32+,33-,34-,35+,36+/m0/s1.